The van der Waals surface area contributed by atoms with E-state index in [4.69, 9.17) is 4.74 Å². The fourth-order valence-electron chi connectivity index (χ4n) is 2.64. The molecule has 0 unspecified atom stereocenters. The first-order valence-corrected chi connectivity index (χ1v) is 10.6. The van der Waals surface area contributed by atoms with Crippen molar-refractivity contribution in [3.8, 4) is 0 Å². The second-order valence-corrected chi connectivity index (χ2v) is 8.83. The van der Waals surface area contributed by atoms with Gasteiger partial charge in [-0.2, -0.15) is 0 Å². The van der Waals surface area contributed by atoms with E-state index >= 15 is 0 Å². The van der Waals surface area contributed by atoms with E-state index in [-0.39, 0.29) is 17.5 Å². The van der Waals surface area contributed by atoms with Gasteiger partial charge in [0.2, 0.25) is 0 Å². The maximum atomic E-state index is 12.4. The highest BCUT2D eigenvalue weighted by atomic mass is 32.2. The lowest BCUT2D eigenvalue weighted by Crippen LogP contribution is -2.44. The third-order valence-electron chi connectivity index (χ3n) is 4.06. The molecule has 8 heteroatoms. The molecule has 0 saturated carbocycles. The molecule has 1 saturated heterocycles. The molecular weight excluding hydrogens is 350 g/mol. The molecule has 1 aliphatic rings. The topological polar surface area (TPSA) is 80.8 Å². The Morgan fingerprint density at radius 1 is 1.33 bits per heavy atom. The number of nitrogens with zero attached hydrogens (tertiary/aromatic N) is 1. The smallest absolute Gasteiger partial charge is 0.340 e. The summed E-state index contributed by atoms with van der Waals surface area (Å²) in [5.41, 5.74) is 0.413. The molecule has 24 heavy (non-hydrogen) atoms. The highest BCUT2D eigenvalue weighted by Gasteiger charge is 2.35. The Kier molecular flexibility index (Phi) is 5.92. The van der Waals surface area contributed by atoms with Gasteiger partial charge in [0.15, 0.2) is 15.9 Å². The molecule has 1 aromatic rings. The van der Waals surface area contributed by atoms with E-state index < -0.39 is 27.8 Å². The Bertz CT molecular complexity index is 732. The van der Waals surface area contributed by atoms with Crippen LogP contribution in [0.15, 0.2) is 29.2 Å². The number of carbonyl (C=O) groups is 2. The van der Waals surface area contributed by atoms with E-state index in [1.807, 2.05) is 18.4 Å². The number of rotatable bonds is 5. The minimum Gasteiger partial charge on any atom is -0.449 e. The summed E-state index contributed by atoms with van der Waals surface area (Å²) in [6, 6.07) is 6.66. The zero-order valence-electron chi connectivity index (χ0n) is 13.9. The van der Waals surface area contributed by atoms with E-state index in [0.29, 0.717) is 12.0 Å². The van der Waals surface area contributed by atoms with Crippen LogP contribution in [-0.4, -0.2) is 62.1 Å². The lowest BCUT2D eigenvalue weighted by Gasteiger charge is -2.26. The molecule has 1 aromatic carbocycles. The third-order valence-corrected chi connectivity index (χ3v) is 6.61. The molecule has 0 bridgehead atoms. The van der Waals surface area contributed by atoms with Gasteiger partial charge in [0.05, 0.1) is 17.1 Å². The van der Waals surface area contributed by atoms with E-state index in [2.05, 4.69) is 0 Å². The standard InChI is InChI=1S/C16H21NO5S2/c1-11(15(18)17(2)12-8-9-24(20,21)10-12)22-16(19)13-6-4-5-7-14(13)23-3/h4-7,11-12H,8-10H2,1-3H3/t11-,12-/m1/s1. The second kappa shape index (κ2) is 7.57. The largest absolute Gasteiger partial charge is 0.449 e. The fraction of sp³-hybridized carbons (Fsp3) is 0.500. The summed E-state index contributed by atoms with van der Waals surface area (Å²) in [6.45, 7) is 1.50. The summed E-state index contributed by atoms with van der Waals surface area (Å²) in [6.07, 6.45) is 1.30. The number of esters is 1. The van der Waals surface area contributed by atoms with E-state index in [1.165, 1.54) is 23.6 Å². The monoisotopic (exact) mass is 371 g/mol. The minimum atomic E-state index is -3.08. The molecule has 0 radical (unpaired) electrons. The van der Waals surface area contributed by atoms with Gasteiger partial charge in [0, 0.05) is 18.0 Å². The van der Waals surface area contributed by atoms with Crippen LogP contribution in [0.3, 0.4) is 0 Å². The lowest BCUT2D eigenvalue weighted by molar-refractivity contribution is -0.140. The molecule has 1 aliphatic heterocycles. The summed E-state index contributed by atoms with van der Waals surface area (Å²) in [4.78, 5) is 26.8. The van der Waals surface area contributed by atoms with Crippen LogP contribution in [0.1, 0.15) is 23.7 Å². The van der Waals surface area contributed by atoms with Crippen molar-refractivity contribution in [1.29, 1.82) is 0 Å². The van der Waals surface area contributed by atoms with Gasteiger partial charge in [-0.3, -0.25) is 4.79 Å². The molecule has 0 spiro atoms. The summed E-state index contributed by atoms with van der Waals surface area (Å²) in [7, 11) is -1.53. The van der Waals surface area contributed by atoms with Crippen molar-refractivity contribution in [3.05, 3.63) is 29.8 Å². The summed E-state index contributed by atoms with van der Waals surface area (Å²) >= 11 is 1.42. The third kappa shape index (κ3) is 4.30. The average Bonchev–Trinajstić information content (AvgIpc) is 2.93. The number of benzene rings is 1. The van der Waals surface area contributed by atoms with Gasteiger partial charge in [0.25, 0.3) is 5.91 Å². The highest BCUT2D eigenvalue weighted by molar-refractivity contribution is 7.98. The van der Waals surface area contributed by atoms with Crippen LogP contribution in [0, 0.1) is 0 Å². The maximum Gasteiger partial charge on any atom is 0.340 e. The number of amides is 1. The minimum absolute atomic E-state index is 0.0365. The van der Waals surface area contributed by atoms with Gasteiger partial charge in [0.1, 0.15) is 0 Å². The zero-order valence-corrected chi connectivity index (χ0v) is 15.5. The Labute approximate surface area is 146 Å². The normalized spacial score (nSPS) is 20.4. The molecule has 0 aromatic heterocycles. The lowest BCUT2D eigenvalue weighted by atomic mass is 10.2. The molecule has 132 valence electrons. The van der Waals surface area contributed by atoms with Crippen molar-refractivity contribution in [2.75, 3.05) is 24.8 Å². The first-order chi connectivity index (χ1) is 11.2. The molecule has 0 aliphatic carbocycles. The molecule has 1 heterocycles. The van der Waals surface area contributed by atoms with E-state index in [0.717, 1.165) is 4.90 Å². The van der Waals surface area contributed by atoms with Crippen LogP contribution in [0.4, 0.5) is 0 Å². The Balaban J connectivity index is 2.02. The van der Waals surface area contributed by atoms with Gasteiger partial charge in [-0.25, -0.2) is 13.2 Å². The molecule has 0 N–H and O–H groups in total. The Morgan fingerprint density at radius 2 is 2.00 bits per heavy atom. The summed E-state index contributed by atoms with van der Waals surface area (Å²) in [5.74, 6) is -0.907. The molecule has 6 nitrogen and oxygen atoms in total. The zero-order chi connectivity index (χ0) is 17.9. The van der Waals surface area contributed by atoms with Gasteiger partial charge in [-0.05, 0) is 31.7 Å². The van der Waals surface area contributed by atoms with Gasteiger partial charge in [-0.15, -0.1) is 11.8 Å². The predicted molar refractivity (Wildman–Crippen MR) is 92.9 cm³/mol. The van der Waals surface area contributed by atoms with Crippen LogP contribution >= 0.6 is 11.8 Å². The van der Waals surface area contributed by atoms with Gasteiger partial charge < -0.3 is 9.64 Å². The first kappa shape index (κ1) is 18.8. The van der Waals surface area contributed by atoms with Crippen molar-refractivity contribution in [2.45, 2.75) is 30.4 Å². The quantitative estimate of drug-likeness (QED) is 0.578. The number of hydrogen-bond acceptors (Lipinski definition) is 6. The number of ether oxygens (including phenoxy) is 1. The second-order valence-electron chi connectivity index (χ2n) is 5.75. The molecule has 1 amide bonds. The number of hydrogen-bond donors (Lipinski definition) is 0. The summed E-state index contributed by atoms with van der Waals surface area (Å²) in [5, 5.41) is 0. The predicted octanol–water partition coefficient (Wildman–Crippen LogP) is 1.60. The van der Waals surface area contributed by atoms with Crippen LogP contribution in [0.25, 0.3) is 0 Å². The van der Waals surface area contributed by atoms with Crippen LogP contribution in [0.2, 0.25) is 0 Å². The summed E-state index contributed by atoms with van der Waals surface area (Å²) < 4.78 is 28.4. The van der Waals surface area contributed by atoms with Crippen molar-refractivity contribution in [1.82, 2.24) is 4.90 Å². The maximum absolute atomic E-state index is 12.4. The first-order valence-electron chi connectivity index (χ1n) is 7.56. The molecule has 1 fully saturated rings. The number of likely N-dealkylation sites (N-methyl/N-ethyl adjacent to an activating group) is 1. The SMILES string of the molecule is CSc1ccccc1C(=O)O[C@H](C)C(=O)N(C)[C@@H]1CCS(=O)(=O)C1. The molecule has 2 rings (SSSR count). The highest BCUT2D eigenvalue weighted by Crippen LogP contribution is 2.22. The van der Waals surface area contributed by atoms with Crippen LogP contribution < -0.4 is 0 Å². The molecular formula is C16H21NO5S2. The Hall–Kier alpha value is -1.54. The fourth-order valence-corrected chi connectivity index (χ4v) is 5.00. The van der Waals surface area contributed by atoms with Crippen molar-refractivity contribution in [2.24, 2.45) is 0 Å². The Morgan fingerprint density at radius 3 is 2.58 bits per heavy atom. The van der Waals surface area contributed by atoms with Crippen molar-refractivity contribution in [3.63, 3.8) is 0 Å². The van der Waals surface area contributed by atoms with E-state index in [9.17, 15) is 18.0 Å². The number of sulfone groups is 1. The van der Waals surface area contributed by atoms with E-state index in [1.54, 1.807) is 19.2 Å². The van der Waals surface area contributed by atoms with Crippen LogP contribution in [-0.2, 0) is 19.4 Å². The van der Waals surface area contributed by atoms with Gasteiger partial charge >= 0.3 is 5.97 Å². The van der Waals surface area contributed by atoms with Crippen molar-refractivity contribution < 1.29 is 22.7 Å². The van der Waals surface area contributed by atoms with Crippen molar-refractivity contribution >= 4 is 33.5 Å². The van der Waals surface area contributed by atoms with Crippen LogP contribution in [0.5, 0.6) is 0 Å². The average molecular weight is 371 g/mol. The number of carbonyl (C=O) groups excluding carboxylic acids is 2. The number of thioether (sulfide) groups is 1. The molecule has 2 atom stereocenters. The van der Waals surface area contributed by atoms with Gasteiger partial charge in [-0.1, -0.05) is 12.1 Å².